The van der Waals surface area contributed by atoms with Crippen LogP contribution in [0.2, 0.25) is 0 Å². The van der Waals surface area contributed by atoms with Gasteiger partial charge in [-0.1, -0.05) is 13.8 Å². The quantitative estimate of drug-likeness (QED) is 0.862. The van der Waals surface area contributed by atoms with Crippen molar-refractivity contribution in [2.24, 2.45) is 5.41 Å². The van der Waals surface area contributed by atoms with E-state index >= 15 is 0 Å². The molecule has 1 atom stereocenters. The fourth-order valence-corrected chi connectivity index (χ4v) is 3.64. The number of nitrogens with zero attached hydrogens (tertiary/aromatic N) is 2. The van der Waals surface area contributed by atoms with Crippen LogP contribution in [0.5, 0.6) is 0 Å². The molecule has 1 aliphatic heterocycles. The molecule has 1 saturated heterocycles. The number of piperazine rings is 1. The summed E-state index contributed by atoms with van der Waals surface area (Å²) in [5.74, 6) is 1.18. The number of hydrogen-bond acceptors (Lipinski definition) is 4. The van der Waals surface area contributed by atoms with Crippen LogP contribution in [0.25, 0.3) is 0 Å². The molecule has 0 saturated carbocycles. The Bertz CT molecular complexity index is 583. The molecule has 5 nitrogen and oxygen atoms in total. The molecule has 5 heteroatoms. The van der Waals surface area contributed by atoms with Crippen molar-refractivity contribution in [1.82, 2.24) is 9.80 Å². The summed E-state index contributed by atoms with van der Waals surface area (Å²) in [5, 5.41) is 10.4. The number of likely N-dealkylation sites (N-methyl/N-ethyl adjacent to an activating group) is 1. The van der Waals surface area contributed by atoms with Crippen LogP contribution in [0.4, 0.5) is 0 Å². The first-order chi connectivity index (χ1) is 10.3. The zero-order valence-electron chi connectivity index (χ0n) is 14.0. The van der Waals surface area contributed by atoms with Crippen LogP contribution in [0.3, 0.4) is 0 Å². The van der Waals surface area contributed by atoms with Crippen molar-refractivity contribution in [3.63, 3.8) is 0 Å². The minimum Gasteiger partial charge on any atom is -0.455 e. The van der Waals surface area contributed by atoms with Gasteiger partial charge in [0.05, 0.1) is 6.10 Å². The Kier molecular flexibility index (Phi) is 3.81. The standard InChI is InChI=1S/C17H26N2O3/c1-11-14-12(20)9-17(2,3)10-13(14)22-15(11)16(21)19-7-5-18(4)6-8-19/h12,20H,5-10H2,1-4H3. The summed E-state index contributed by atoms with van der Waals surface area (Å²) in [4.78, 5) is 16.8. The van der Waals surface area contributed by atoms with Crippen molar-refractivity contribution in [2.45, 2.75) is 39.7 Å². The molecule has 1 unspecified atom stereocenters. The molecule has 0 spiro atoms. The van der Waals surface area contributed by atoms with Gasteiger partial charge in [-0.2, -0.15) is 0 Å². The van der Waals surface area contributed by atoms with Crippen molar-refractivity contribution in [3.8, 4) is 0 Å². The maximum absolute atomic E-state index is 12.7. The number of carbonyl (C=O) groups is 1. The van der Waals surface area contributed by atoms with E-state index in [-0.39, 0.29) is 11.3 Å². The zero-order valence-corrected chi connectivity index (χ0v) is 14.0. The van der Waals surface area contributed by atoms with Gasteiger partial charge in [0, 0.05) is 43.7 Å². The summed E-state index contributed by atoms with van der Waals surface area (Å²) in [5.41, 5.74) is 1.67. The zero-order chi connectivity index (χ0) is 16.1. The third-order valence-corrected chi connectivity index (χ3v) is 4.97. The van der Waals surface area contributed by atoms with Gasteiger partial charge in [0.2, 0.25) is 0 Å². The first-order valence-corrected chi connectivity index (χ1v) is 8.06. The van der Waals surface area contributed by atoms with Gasteiger partial charge in [-0.3, -0.25) is 4.79 Å². The number of aliphatic hydroxyl groups is 1. The van der Waals surface area contributed by atoms with Crippen molar-refractivity contribution >= 4 is 5.91 Å². The Labute approximate surface area is 131 Å². The van der Waals surface area contributed by atoms with E-state index in [0.29, 0.717) is 12.2 Å². The highest BCUT2D eigenvalue weighted by molar-refractivity contribution is 5.93. The molecule has 0 radical (unpaired) electrons. The maximum Gasteiger partial charge on any atom is 0.289 e. The first kappa shape index (κ1) is 15.6. The third kappa shape index (κ3) is 2.68. The lowest BCUT2D eigenvalue weighted by atomic mass is 9.75. The van der Waals surface area contributed by atoms with Crippen molar-refractivity contribution < 1.29 is 14.3 Å². The number of hydrogen-bond donors (Lipinski definition) is 1. The Morgan fingerprint density at radius 3 is 2.55 bits per heavy atom. The number of aliphatic hydroxyl groups excluding tert-OH is 1. The summed E-state index contributed by atoms with van der Waals surface area (Å²) in [6.07, 6.45) is 0.954. The lowest BCUT2D eigenvalue weighted by Crippen LogP contribution is -2.47. The Balaban J connectivity index is 1.88. The molecular weight excluding hydrogens is 280 g/mol. The average molecular weight is 306 g/mol. The summed E-state index contributed by atoms with van der Waals surface area (Å²) in [7, 11) is 2.07. The van der Waals surface area contributed by atoms with Gasteiger partial charge in [0.25, 0.3) is 5.91 Å². The van der Waals surface area contributed by atoms with Crippen LogP contribution in [-0.2, 0) is 6.42 Å². The first-order valence-electron chi connectivity index (χ1n) is 8.06. The van der Waals surface area contributed by atoms with Crippen molar-refractivity contribution in [3.05, 3.63) is 22.6 Å². The van der Waals surface area contributed by atoms with Gasteiger partial charge < -0.3 is 19.3 Å². The normalized spacial score (nSPS) is 25.1. The van der Waals surface area contributed by atoms with E-state index in [2.05, 4.69) is 25.8 Å². The topological polar surface area (TPSA) is 56.9 Å². The minimum absolute atomic E-state index is 0.00483. The summed E-state index contributed by atoms with van der Waals surface area (Å²) in [6, 6.07) is 0. The van der Waals surface area contributed by atoms with E-state index in [1.54, 1.807) is 0 Å². The van der Waals surface area contributed by atoms with Crippen LogP contribution in [0.15, 0.2) is 4.42 Å². The number of rotatable bonds is 1. The second-order valence-electron chi connectivity index (χ2n) is 7.55. The number of amides is 1. The van der Waals surface area contributed by atoms with Crippen LogP contribution in [-0.4, -0.2) is 54.0 Å². The third-order valence-electron chi connectivity index (χ3n) is 4.97. The number of fused-ring (bicyclic) bond motifs is 1. The molecule has 2 heterocycles. The minimum atomic E-state index is -0.531. The molecule has 2 aliphatic rings. The van der Waals surface area contributed by atoms with E-state index in [1.807, 2.05) is 11.8 Å². The van der Waals surface area contributed by atoms with E-state index in [9.17, 15) is 9.90 Å². The Hall–Kier alpha value is -1.33. The van der Waals surface area contributed by atoms with E-state index in [4.69, 9.17) is 4.42 Å². The van der Waals surface area contributed by atoms with Crippen LogP contribution in [0, 0.1) is 12.3 Å². The molecule has 1 fully saturated rings. The van der Waals surface area contributed by atoms with Gasteiger partial charge in [-0.25, -0.2) is 0 Å². The highest BCUT2D eigenvalue weighted by Gasteiger charge is 2.38. The predicted octanol–water partition coefficient (Wildman–Crippen LogP) is 1.98. The maximum atomic E-state index is 12.7. The van der Waals surface area contributed by atoms with Gasteiger partial charge in [-0.15, -0.1) is 0 Å². The van der Waals surface area contributed by atoms with Crippen LogP contribution in [0.1, 0.15) is 53.8 Å². The van der Waals surface area contributed by atoms with Gasteiger partial charge in [0.15, 0.2) is 5.76 Å². The van der Waals surface area contributed by atoms with Crippen LogP contribution < -0.4 is 0 Å². The molecular formula is C17H26N2O3. The number of carbonyl (C=O) groups excluding carboxylic acids is 1. The van der Waals surface area contributed by atoms with E-state index < -0.39 is 6.10 Å². The van der Waals surface area contributed by atoms with Gasteiger partial charge >= 0.3 is 0 Å². The molecule has 122 valence electrons. The summed E-state index contributed by atoms with van der Waals surface area (Å²) < 4.78 is 5.92. The van der Waals surface area contributed by atoms with Crippen LogP contribution >= 0.6 is 0 Å². The monoisotopic (exact) mass is 306 g/mol. The summed E-state index contributed by atoms with van der Waals surface area (Å²) >= 11 is 0. The smallest absolute Gasteiger partial charge is 0.289 e. The lowest BCUT2D eigenvalue weighted by molar-refractivity contribution is 0.0624. The number of furan rings is 1. The highest BCUT2D eigenvalue weighted by Crippen LogP contribution is 2.44. The van der Waals surface area contributed by atoms with Crippen molar-refractivity contribution in [2.75, 3.05) is 33.2 Å². The highest BCUT2D eigenvalue weighted by atomic mass is 16.4. The molecule has 22 heavy (non-hydrogen) atoms. The second-order valence-corrected chi connectivity index (χ2v) is 7.55. The van der Waals surface area contributed by atoms with E-state index in [0.717, 1.165) is 49.5 Å². The van der Waals surface area contributed by atoms with Gasteiger partial charge in [0.1, 0.15) is 5.76 Å². The molecule has 1 aromatic heterocycles. The largest absolute Gasteiger partial charge is 0.455 e. The Morgan fingerprint density at radius 2 is 1.91 bits per heavy atom. The lowest BCUT2D eigenvalue weighted by Gasteiger charge is -2.32. The predicted molar refractivity (Wildman–Crippen MR) is 83.9 cm³/mol. The molecule has 1 N–H and O–H groups in total. The fraction of sp³-hybridized carbons (Fsp3) is 0.706. The SMILES string of the molecule is Cc1c(C(=O)N2CCN(C)CC2)oc2c1C(O)CC(C)(C)C2. The molecule has 1 aliphatic carbocycles. The Morgan fingerprint density at radius 1 is 1.27 bits per heavy atom. The molecule has 3 rings (SSSR count). The molecule has 1 amide bonds. The van der Waals surface area contributed by atoms with E-state index in [1.165, 1.54) is 0 Å². The molecule has 1 aromatic rings. The summed E-state index contributed by atoms with van der Waals surface area (Å²) in [6.45, 7) is 9.38. The fourth-order valence-electron chi connectivity index (χ4n) is 3.64. The average Bonchev–Trinajstić information content (AvgIpc) is 2.74. The molecule has 0 bridgehead atoms. The second kappa shape index (κ2) is 5.39. The molecule has 0 aromatic carbocycles. The van der Waals surface area contributed by atoms with Crippen molar-refractivity contribution in [1.29, 1.82) is 0 Å². The van der Waals surface area contributed by atoms with Gasteiger partial charge in [-0.05, 0) is 25.8 Å².